The van der Waals surface area contributed by atoms with Gasteiger partial charge in [0.05, 0.1) is 18.3 Å². The van der Waals surface area contributed by atoms with E-state index in [1.807, 2.05) is 30.3 Å². The molecule has 6 nitrogen and oxygen atoms in total. The van der Waals surface area contributed by atoms with Crippen LogP contribution in [-0.2, 0) is 13.2 Å². The smallest absolute Gasteiger partial charge is 0.259 e. The van der Waals surface area contributed by atoms with Gasteiger partial charge in [0.1, 0.15) is 17.2 Å². The number of fused-ring (bicyclic) bond motifs is 1. The van der Waals surface area contributed by atoms with Crippen molar-refractivity contribution in [3.05, 3.63) is 93.3 Å². The van der Waals surface area contributed by atoms with Gasteiger partial charge in [-0.1, -0.05) is 30.3 Å². The van der Waals surface area contributed by atoms with Gasteiger partial charge in [-0.05, 0) is 35.9 Å². The van der Waals surface area contributed by atoms with Crippen molar-refractivity contribution >= 4 is 27.5 Å². The minimum Gasteiger partial charge on any atom is -0.489 e. The molecular weight excluding hydrogens is 374 g/mol. The fourth-order valence-electron chi connectivity index (χ4n) is 2.72. The van der Waals surface area contributed by atoms with Crippen LogP contribution >= 0.6 is 11.3 Å². The number of benzene rings is 2. The average Bonchev–Trinajstić information content (AvgIpc) is 3.16. The lowest BCUT2D eigenvalue weighted by Gasteiger charge is -2.08. The standard InChI is InChI=1S/C21H17N3O3S/c25-19(22-11-17-10-18-20(26)23-13-24-21(18)28-17)15-6-8-16(9-7-15)27-12-14-4-2-1-3-5-14/h1-10,13H,11-12H2,(H,22,25)(H,23,24,26). The number of thiophene rings is 1. The summed E-state index contributed by atoms with van der Waals surface area (Å²) in [7, 11) is 0. The van der Waals surface area contributed by atoms with Crippen LogP contribution in [0.1, 0.15) is 20.8 Å². The second-order valence-electron chi connectivity index (χ2n) is 6.14. The Hall–Kier alpha value is -3.45. The monoisotopic (exact) mass is 391 g/mol. The third kappa shape index (κ3) is 4.10. The van der Waals surface area contributed by atoms with Crippen LogP contribution in [0.5, 0.6) is 5.75 Å². The largest absolute Gasteiger partial charge is 0.489 e. The molecule has 1 amide bonds. The van der Waals surface area contributed by atoms with E-state index in [2.05, 4.69) is 15.3 Å². The lowest BCUT2D eigenvalue weighted by atomic mass is 10.2. The summed E-state index contributed by atoms with van der Waals surface area (Å²) in [5.41, 5.74) is 1.45. The highest BCUT2D eigenvalue weighted by Crippen LogP contribution is 2.20. The Morgan fingerprint density at radius 1 is 1.11 bits per heavy atom. The highest BCUT2D eigenvalue weighted by Gasteiger charge is 2.09. The lowest BCUT2D eigenvalue weighted by Crippen LogP contribution is -2.22. The second kappa shape index (κ2) is 8.06. The molecule has 7 heteroatoms. The molecule has 0 aliphatic rings. The van der Waals surface area contributed by atoms with Crippen molar-refractivity contribution in [3.63, 3.8) is 0 Å². The summed E-state index contributed by atoms with van der Waals surface area (Å²) in [4.78, 5) is 32.3. The van der Waals surface area contributed by atoms with Gasteiger partial charge in [0.25, 0.3) is 11.5 Å². The molecule has 2 aromatic carbocycles. The molecule has 0 saturated carbocycles. The minimum atomic E-state index is -0.186. The molecule has 0 spiro atoms. The molecule has 0 fully saturated rings. The molecule has 0 aliphatic heterocycles. The third-order valence-electron chi connectivity index (χ3n) is 4.17. The Bertz CT molecular complexity index is 1150. The van der Waals surface area contributed by atoms with Gasteiger partial charge in [0.15, 0.2) is 0 Å². The normalized spacial score (nSPS) is 10.7. The molecule has 0 aliphatic carbocycles. The zero-order valence-corrected chi connectivity index (χ0v) is 15.7. The quantitative estimate of drug-likeness (QED) is 0.527. The van der Waals surface area contributed by atoms with E-state index < -0.39 is 0 Å². The number of nitrogens with zero attached hydrogens (tertiary/aromatic N) is 1. The molecule has 0 unspecified atom stereocenters. The van der Waals surface area contributed by atoms with Crippen LogP contribution in [0, 0.1) is 0 Å². The van der Waals surface area contributed by atoms with Crippen molar-refractivity contribution in [3.8, 4) is 5.75 Å². The van der Waals surface area contributed by atoms with Gasteiger partial charge < -0.3 is 15.0 Å². The SMILES string of the molecule is O=C(NCc1cc2c(=O)[nH]cnc2s1)c1ccc(OCc2ccccc2)cc1. The molecule has 28 heavy (non-hydrogen) atoms. The summed E-state index contributed by atoms with van der Waals surface area (Å²) in [6.07, 6.45) is 1.38. The number of ether oxygens (including phenoxy) is 1. The summed E-state index contributed by atoms with van der Waals surface area (Å²) in [5, 5.41) is 3.40. The van der Waals surface area contributed by atoms with Crippen LogP contribution < -0.4 is 15.6 Å². The zero-order valence-electron chi connectivity index (χ0n) is 14.8. The summed E-state index contributed by atoms with van der Waals surface area (Å²) >= 11 is 1.39. The van der Waals surface area contributed by atoms with Gasteiger partial charge in [-0.25, -0.2) is 4.98 Å². The highest BCUT2D eigenvalue weighted by atomic mass is 32.1. The molecule has 0 atom stereocenters. The topological polar surface area (TPSA) is 84.1 Å². The first-order chi connectivity index (χ1) is 13.7. The van der Waals surface area contributed by atoms with Crippen LogP contribution in [-0.4, -0.2) is 15.9 Å². The number of hydrogen-bond acceptors (Lipinski definition) is 5. The summed E-state index contributed by atoms with van der Waals surface area (Å²) in [6, 6.07) is 18.7. The van der Waals surface area contributed by atoms with E-state index >= 15 is 0 Å². The predicted octanol–water partition coefficient (Wildman–Crippen LogP) is 3.49. The number of carbonyl (C=O) groups is 1. The number of carbonyl (C=O) groups excluding carboxylic acids is 1. The van der Waals surface area contributed by atoms with E-state index in [1.165, 1.54) is 17.7 Å². The summed E-state index contributed by atoms with van der Waals surface area (Å²) < 4.78 is 5.73. The van der Waals surface area contributed by atoms with Crippen molar-refractivity contribution in [2.75, 3.05) is 0 Å². The van der Waals surface area contributed by atoms with Gasteiger partial charge in [-0.3, -0.25) is 9.59 Å². The molecule has 140 valence electrons. The van der Waals surface area contributed by atoms with Crippen LogP contribution in [0.15, 0.2) is 71.8 Å². The van der Waals surface area contributed by atoms with E-state index in [0.29, 0.717) is 34.7 Å². The van der Waals surface area contributed by atoms with Crippen LogP contribution in [0.25, 0.3) is 10.2 Å². The van der Waals surface area contributed by atoms with E-state index in [4.69, 9.17) is 4.74 Å². The second-order valence-corrected chi connectivity index (χ2v) is 7.26. The maximum Gasteiger partial charge on any atom is 0.259 e. The molecule has 0 bridgehead atoms. The number of aromatic nitrogens is 2. The molecule has 0 radical (unpaired) electrons. The maximum atomic E-state index is 12.4. The average molecular weight is 391 g/mol. The number of aromatic amines is 1. The molecule has 4 aromatic rings. The maximum absolute atomic E-state index is 12.4. The number of hydrogen-bond donors (Lipinski definition) is 2. The van der Waals surface area contributed by atoms with Crippen molar-refractivity contribution in [2.24, 2.45) is 0 Å². The van der Waals surface area contributed by atoms with Crippen LogP contribution in [0.2, 0.25) is 0 Å². The number of rotatable bonds is 6. The Kier molecular flexibility index (Phi) is 5.16. The van der Waals surface area contributed by atoms with Crippen molar-refractivity contribution in [2.45, 2.75) is 13.2 Å². The van der Waals surface area contributed by atoms with Gasteiger partial charge in [0.2, 0.25) is 0 Å². The van der Waals surface area contributed by atoms with Crippen molar-refractivity contribution in [1.82, 2.24) is 15.3 Å². The van der Waals surface area contributed by atoms with E-state index in [0.717, 1.165) is 10.4 Å². The van der Waals surface area contributed by atoms with E-state index in [-0.39, 0.29) is 11.5 Å². The molecular formula is C21H17N3O3S. The summed E-state index contributed by atoms with van der Waals surface area (Å²) in [6.45, 7) is 0.817. The third-order valence-corrected chi connectivity index (χ3v) is 5.22. The molecule has 2 N–H and O–H groups in total. The van der Waals surface area contributed by atoms with Gasteiger partial charge in [-0.15, -0.1) is 11.3 Å². The Labute approximate surface area is 164 Å². The van der Waals surface area contributed by atoms with E-state index in [1.54, 1.807) is 30.3 Å². The number of amides is 1. The fourth-order valence-corrected chi connectivity index (χ4v) is 3.65. The molecule has 2 aromatic heterocycles. The first kappa shape index (κ1) is 17.9. The molecule has 4 rings (SSSR count). The van der Waals surface area contributed by atoms with E-state index in [9.17, 15) is 9.59 Å². The van der Waals surface area contributed by atoms with Gasteiger partial charge in [0, 0.05) is 10.4 Å². The van der Waals surface area contributed by atoms with Crippen molar-refractivity contribution < 1.29 is 9.53 Å². The first-order valence-corrected chi connectivity index (χ1v) is 9.52. The van der Waals surface area contributed by atoms with Crippen molar-refractivity contribution in [1.29, 1.82) is 0 Å². The fraction of sp³-hybridized carbons (Fsp3) is 0.0952. The summed E-state index contributed by atoms with van der Waals surface area (Å²) in [5.74, 6) is 0.518. The Morgan fingerprint density at radius 2 is 1.89 bits per heavy atom. The van der Waals surface area contributed by atoms with Crippen LogP contribution in [0.3, 0.4) is 0 Å². The number of nitrogens with one attached hydrogen (secondary N) is 2. The minimum absolute atomic E-state index is 0.176. The predicted molar refractivity (Wildman–Crippen MR) is 109 cm³/mol. The molecule has 0 saturated heterocycles. The molecule has 2 heterocycles. The van der Waals surface area contributed by atoms with Gasteiger partial charge in [-0.2, -0.15) is 0 Å². The van der Waals surface area contributed by atoms with Crippen LogP contribution in [0.4, 0.5) is 0 Å². The zero-order chi connectivity index (χ0) is 19.3. The number of H-pyrrole nitrogens is 1. The first-order valence-electron chi connectivity index (χ1n) is 8.70. The Morgan fingerprint density at radius 3 is 2.64 bits per heavy atom. The Balaban J connectivity index is 1.35. The highest BCUT2D eigenvalue weighted by molar-refractivity contribution is 7.18. The lowest BCUT2D eigenvalue weighted by molar-refractivity contribution is 0.0951. The van der Waals surface area contributed by atoms with Gasteiger partial charge >= 0.3 is 0 Å².